The van der Waals surface area contributed by atoms with E-state index in [1.54, 1.807) is 0 Å². The maximum atomic E-state index is 5.44. The number of aromatic nitrogens is 1. The Bertz CT molecular complexity index is 603. The van der Waals surface area contributed by atoms with Crippen LogP contribution in [0.1, 0.15) is 11.3 Å². The molecule has 2 aliphatic rings. The molecular weight excluding hydrogens is 216 g/mol. The summed E-state index contributed by atoms with van der Waals surface area (Å²) >= 11 is 0. The number of hydrogen-bond acceptors (Lipinski definition) is 3. The van der Waals surface area contributed by atoms with Crippen LogP contribution in [0.25, 0.3) is 10.9 Å². The lowest BCUT2D eigenvalue weighted by Crippen LogP contribution is -2.26. The van der Waals surface area contributed by atoms with Crippen molar-refractivity contribution in [3.63, 3.8) is 0 Å². The van der Waals surface area contributed by atoms with Gasteiger partial charge in [-0.25, -0.2) is 0 Å². The molecule has 17 heavy (non-hydrogen) atoms. The van der Waals surface area contributed by atoms with Crippen LogP contribution in [0.5, 0.6) is 11.5 Å². The zero-order valence-electron chi connectivity index (χ0n) is 9.75. The van der Waals surface area contributed by atoms with Gasteiger partial charge in [0.15, 0.2) is 11.5 Å². The number of hydrogen-bond donors (Lipinski definition) is 1. The summed E-state index contributed by atoms with van der Waals surface area (Å²) in [4.78, 5) is 5.83. The van der Waals surface area contributed by atoms with Gasteiger partial charge in [-0.3, -0.25) is 0 Å². The minimum Gasteiger partial charge on any atom is -0.454 e. The van der Waals surface area contributed by atoms with E-state index in [1.165, 1.54) is 16.6 Å². The monoisotopic (exact) mass is 230 g/mol. The van der Waals surface area contributed by atoms with Crippen molar-refractivity contribution in [1.29, 1.82) is 0 Å². The van der Waals surface area contributed by atoms with E-state index in [9.17, 15) is 0 Å². The normalized spacial score (nSPS) is 18.6. The molecule has 1 aromatic heterocycles. The van der Waals surface area contributed by atoms with Crippen molar-refractivity contribution in [2.24, 2.45) is 0 Å². The van der Waals surface area contributed by atoms with E-state index in [-0.39, 0.29) is 0 Å². The number of fused-ring (bicyclic) bond motifs is 4. The molecule has 0 fully saturated rings. The number of rotatable bonds is 0. The minimum atomic E-state index is 0.340. The second kappa shape index (κ2) is 3.17. The molecule has 0 saturated carbocycles. The Balaban J connectivity index is 1.95. The first kappa shape index (κ1) is 9.36. The van der Waals surface area contributed by atoms with Crippen LogP contribution in [0.15, 0.2) is 12.1 Å². The fraction of sp³-hybridized carbons (Fsp3) is 0.385. The highest BCUT2D eigenvalue weighted by atomic mass is 16.7. The van der Waals surface area contributed by atoms with Crippen LogP contribution in [-0.4, -0.2) is 30.3 Å². The maximum Gasteiger partial charge on any atom is 0.231 e. The molecule has 4 nitrogen and oxygen atoms in total. The smallest absolute Gasteiger partial charge is 0.231 e. The Morgan fingerprint density at radius 2 is 2.06 bits per heavy atom. The molecule has 0 spiro atoms. The van der Waals surface area contributed by atoms with E-state index in [0.717, 1.165) is 36.5 Å². The number of likely N-dealkylation sites (N-methyl/N-ethyl adjacent to an activating group) is 1. The van der Waals surface area contributed by atoms with Gasteiger partial charge in [-0.2, -0.15) is 0 Å². The average Bonchev–Trinajstić information content (AvgIpc) is 2.87. The predicted molar refractivity (Wildman–Crippen MR) is 64.5 cm³/mol. The number of nitrogens with one attached hydrogen (secondary N) is 1. The predicted octanol–water partition coefficient (Wildman–Crippen LogP) is 1.88. The molecule has 0 bridgehead atoms. The Morgan fingerprint density at radius 3 is 2.94 bits per heavy atom. The van der Waals surface area contributed by atoms with Gasteiger partial charge in [0, 0.05) is 35.8 Å². The molecule has 3 heterocycles. The van der Waals surface area contributed by atoms with E-state index < -0.39 is 0 Å². The molecule has 2 aliphatic heterocycles. The summed E-state index contributed by atoms with van der Waals surface area (Å²) in [6.45, 7) is 2.46. The molecule has 0 aliphatic carbocycles. The van der Waals surface area contributed by atoms with E-state index in [1.807, 2.05) is 0 Å². The summed E-state index contributed by atoms with van der Waals surface area (Å²) < 4.78 is 10.8. The van der Waals surface area contributed by atoms with Gasteiger partial charge in [-0.05, 0) is 25.1 Å². The molecule has 88 valence electrons. The third-order valence-corrected chi connectivity index (χ3v) is 3.66. The van der Waals surface area contributed by atoms with Gasteiger partial charge in [-0.1, -0.05) is 0 Å². The second-order valence-corrected chi connectivity index (χ2v) is 4.82. The summed E-state index contributed by atoms with van der Waals surface area (Å²) in [5.74, 6) is 1.72. The fourth-order valence-corrected chi connectivity index (χ4v) is 2.77. The molecule has 4 heteroatoms. The number of H-pyrrole nitrogens is 1. The second-order valence-electron chi connectivity index (χ2n) is 4.82. The Hall–Kier alpha value is -1.68. The molecule has 0 amide bonds. The highest BCUT2D eigenvalue weighted by molar-refractivity contribution is 5.88. The largest absolute Gasteiger partial charge is 0.454 e. The van der Waals surface area contributed by atoms with Crippen molar-refractivity contribution in [2.45, 2.75) is 13.0 Å². The third-order valence-electron chi connectivity index (χ3n) is 3.66. The number of aromatic amines is 1. The highest BCUT2D eigenvalue weighted by Crippen LogP contribution is 2.38. The maximum absolute atomic E-state index is 5.44. The molecule has 2 aromatic rings. The standard InChI is InChI=1S/C13H14N2O2/c1-15-3-2-8-9-4-12-13(17-7-16-12)5-10(9)14-11(8)6-15/h4-5,14H,2-3,6-7H2,1H3. The summed E-state index contributed by atoms with van der Waals surface area (Å²) in [6, 6.07) is 4.16. The van der Waals surface area contributed by atoms with Crippen molar-refractivity contribution in [3.8, 4) is 11.5 Å². The molecule has 0 unspecified atom stereocenters. The summed E-state index contributed by atoms with van der Waals surface area (Å²) in [7, 11) is 2.15. The number of nitrogens with zero attached hydrogens (tertiary/aromatic N) is 1. The van der Waals surface area contributed by atoms with Gasteiger partial charge >= 0.3 is 0 Å². The van der Waals surface area contributed by atoms with Crippen LogP contribution in [0.4, 0.5) is 0 Å². The lowest BCUT2D eigenvalue weighted by atomic mass is 10.0. The topological polar surface area (TPSA) is 37.5 Å². The van der Waals surface area contributed by atoms with Crippen molar-refractivity contribution in [3.05, 3.63) is 23.4 Å². The van der Waals surface area contributed by atoms with Gasteiger partial charge in [0.05, 0.1) is 0 Å². The summed E-state index contributed by atoms with van der Waals surface area (Å²) in [6.07, 6.45) is 1.10. The van der Waals surface area contributed by atoms with Crippen LogP contribution in [-0.2, 0) is 13.0 Å². The van der Waals surface area contributed by atoms with Crippen LogP contribution < -0.4 is 9.47 Å². The zero-order chi connectivity index (χ0) is 11.4. The summed E-state index contributed by atoms with van der Waals surface area (Å²) in [5, 5.41) is 1.29. The van der Waals surface area contributed by atoms with Gasteiger partial charge < -0.3 is 19.4 Å². The van der Waals surface area contributed by atoms with Gasteiger partial charge in [-0.15, -0.1) is 0 Å². The molecule has 4 rings (SSSR count). The Labute approximate surface area is 99.1 Å². The molecule has 1 aromatic carbocycles. The van der Waals surface area contributed by atoms with Gasteiger partial charge in [0.2, 0.25) is 6.79 Å². The fourth-order valence-electron chi connectivity index (χ4n) is 2.77. The number of benzene rings is 1. The Kier molecular flexibility index (Phi) is 1.74. The van der Waals surface area contributed by atoms with Crippen LogP contribution in [0.2, 0.25) is 0 Å². The molecule has 0 saturated heterocycles. The average molecular weight is 230 g/mol. The molecule has 0 radical (unpaired) electrons. The summed E-state index contributed by atoms with van der Waals surface area (Å²) in [5.41, 5.74) is 3.93. The van der Waals surface area contributed by atoms with Crippen molar-refractivity contribution >= 4 is 10.9 Å². The van der Waals surface area contributed by atoms with Crippen LogP contribution >= 0.6 is 0 Å². The Morgan fingerprint density at radius 1 is 1.24 bits per heavy atom. The van der Waals surface area contributed by atoms with Crippen LogP contribution in [0.3, 0.4) is 0 Å². The molecule has 0 atom stereocenters. The quantitative estimate of drug-likeness (QED) is 0.751. The lowest BCUT2D eigenvalue weighted by molar-refractivity contribution is 0.174. The van der Waals surface area contributed by atoms with E-state index in [2.05, 4.69) is 29.1 Å². The minimum absolute atomic E-state index is 0.340. The zero-order valence-corrected chi connectivity index (χ0v) is 9.75. The van der Waals surface area contributed by atoms with E-state index >= 15 is 0 Å². The first-order valence-electron chi connectivity index (χ1n) is 5.93. The van der Waals surface area contributed by atoms with Gasteiger partial charge in [0.25, 0.3) is 0 Å². The van der Waals surface area contributed by atoms with Crippen LogP contribution in [0, 0.1) is 0 Å². The number of ether oxygens (including phenoxy) is 2. The van der Waals surface area contributed by atoms with Crippen molar-refractivity contribution < 1.29 is 9.47 Å². The first-order valence-corrected chi connectivity index (χ1v) is 5.93. The first-order chi connectivity index (χ1) is 8.31. The SMILES string of the molecule is CN1CCc2c([nH]c3cc4c(cc23)OCO4)C1. The molecule has 1 N–H and O–H groups in total. The third kappa shape index (κ3) is 1.27. The highest BCUT2D eigenvalue weighted by Gasteiger charge is 2.21. The van der Waals surface area contributed by atoms with Crippen molar-refractivity contribution in [2.75, 3.05) is 20.4 Å². The van der Waals surface area contributed by atoms with Crippen molar-refractivity contribution in [1.82, 2.24) is 9.88 Å². The van der Waals surface area contributed by atoms with E-state index in [4.69, 9.17) is 9.47 Å². The van der Waals surface area contributed by atoms with E-state index in [0.29, 0.717) is 6.79 Å². The molecular formula is C13H14N2O2. The van der Waals surface area contributed by atoms with Gasteiger partial charge in [0.1, 0.15) is 0 Å². The lowest BCUT2D eigenvalue weighted by Gasteiger charge is -2.22.